The van der Waals surface area contributed by atoms with Gasteiger partial charge in [0.2, 0.25) is 0 Å². The van der Waals surface area contributed by atoms with Crippen molar-refractivity contribution in [3.05, 3.63) is 17.7 Å². The molecule has 0 atom stereocenters. The van der Waals surface area contributed by atoms with Crippen LogP contribution in [0, 0.1) is 0 Å². The molecule has 19 heavy (non-hydrogen) atoms. The lowest BCUT2D eigenvalue weighted by atomic mass is 10.0. The third kappa shape index (κ3) is 4.94. The molecule has 0 N–H and O–H groups in total. The molecule has 0 heterocycles. The summed E-state index contributed by atoms with van der Waals surface area (Å²) >= 11 is 3.45. The number of alkyl halides is 1. The average molecular weight is 331 g/mol. The first-order valence-corrected chi connectivity index (χ1v) is 7.73. The van der Waals surface area contributed by atoms with Crippen molar-refractivity contribution in [1.82, 2.24) is 0 Å². The zero-order valence-corrected chi connectivity index (χ0v) is 13.6. The maximum Gasteiger partial charge on any atom is 0.164 e. The van der Waals surface area contributed by atoms with Gasteiger partial charge in [0, 0.05) is 11.4 Å². The van der Waals surface area contributed by atoms with Crippen molar-refractivity contribution in [3.8, 4) is 17.2 Å². The minimum atomic E-state index is 0.711. The van der Waals surface area contributed by atoms with Gasteiger partial charge in [0.15, 0.2) is 11.5 Å². The van der Waals surface area contributed by atoms with E-state index in [4.69, 9.17) is 14.2 Å². The Kier molecular flexibility index (Phi) is 7.72. The van der Waals surface area contributed by atoms with Gasteiger partial charge in [-0.1, -0.05) is 28.8 Å². The second-order valence-electron chi connectivity index (χ2n) is 4.37. The highest BCUT2D eigenvalue weighted by Gasteiger charge is 2.11. The van der Waals surface area contributed by atoms with Gasteiger partial charge in [0.1, 0.15) is 5.75 Å². The molecule has 1 aromatic rings. The summed E-state index contributed by atoms with van der Waals surface area (Å²) in [5.41, 5.74) is 1.18. The van der Waals surface area contributed by atoms with Gasteiger partial charge in [0.05, 0.1) is 21.3 Å². The highest BCUT2D eigenvalue weighted by atomic mass is 79.9. The zero-order valence-electron chi connectivity index (χ0n) is 12.0. The number of benzene rings is 1. The Hall–Kier alpha value is -0.900. The fourth-order valence-corrected chi connectivity index (χ4v) is 2.45. The molecule has 0 bridgehead atoms. The molecular formula is C15H23BrO3. The molecule has 0 saturated carbocycles. The fourth-order valence-electron chi connectivity index (χ4n) is 2.05. The summed E-state index contributed by atoms with van der Waals surface area (Å²) in [6.07, 6.45) is 5.91. The molecule has 0 aromatic heterocycles. The van der Waals surface area contributed by atoms with E-state index in [0.717, 1.165) is 23.2 Å². The van der Waals surface area contributed by atoms with Crippen LogP contribution in [-0.4, -0.2) is 26.7 Å². The van der Waals surface area contributed by atoms with E-state index in [1.54, 1.807) is 21.3 Å². The summed E-state index contributed by atoms with van der Waals surface area (Å²) in [5, 5.41) is 1.09. The van der Waals surface area contributed by atoms with Gasteiger partial charge in [0.25, 0.3) is 0 Å². The van der Waals surface area contributed by atoms with Crippen LogP contribution in [0.1, 0.15) is 31.2 Å². The van der Waals surface area contributed by atoms with Crippen molar-refractivity contribution in [3.63, 3.8) is 0 Å². The van der Waals surface area contributed by atoms with E-state index >= 15 is 0 Å². The van der Waals surface area contributed by atoms with Gasteiger partial charge >= 0.3 is 0 Å². The standard InChI is InChI=1S/C15H23BrO3/c1-17-13-11-15(19-3)14(18-2)10-12(13)8-6-4-5-7-9-16/h10-11H,4-9H2,1-3H3. The normalized spacial score (nSPS) is 10.3. The molecular weight excluding hydrogens is 308 g/mol. The maximum atomic E-state index is 5.42. The lowest BCUT2D eigenvalue weighted by Crippen LogP contribution is -1.97. The minimum Gasteiger partial charge on any atom is -0.496 e. The predicted molar refractivity (Wildman–Crippen MR) is 82.1 cm³/mol. The van der Waals surface area contributed by atoms with Crippen molar-refractivity contribution >= 4 is 15.9 Å². The molecule has 1 rings (SSSR count). The van der Waals surface area contributed by atoms with Crippen LogP contribution in [0.5, 0.6) is 17.2 Å². The first-order valence-electron chi connectivity index (χ1n) is 6.61. The summed E-state index contributed by atoms with van der Waals surface area (Å²) in [6.45, 7) is 0. The number of aryl methyl sites for hydroxylation is 1. The molecule has 0 radical (unpaired) electrons. The summed E-state index contributed by atoms with van der Waals surface area (Å²) in [5.74, 6) is 2.35. The molecule has 0 aliphatic rings. The number of methoxy groups -OCH3 is 3. The predicted octanol–water partition coefficient (Wildman–Crippen LogP) is 4.21. The minimum absolute atomic E-state index is 0.711. The van der Waals surface area contributed by atoms with E-state index in [1.807, 2.05) is 12.1 Å². The van der Waals surface area contributed by atoms with Crippen LogP contribution < -0.4 is 14.2 Å². The quantitative estimate of drug-likeness (QED) is 0.501. The van der Waals surface area contributed by atoms with E-state index < -0.39 is 0 Å². The molecule has 0 unspecified atom stereocenters. The molecule has 3 nitrogen and oxygen atoms in total. The lowest BCUT2D eigenvalue weighted by molar-refractivity contribution is 0.347. The van der Waals surface area contributed by atoms with Gasteiger partial charge in [-0.3, -0.25) is 0 Å². The summed E-state index contributed by atoms with van der Waals surface area (Å²) in [4.78, 5) is 0. The molecule has 0 fully saturated rings. The average Bonchev–Trinajstić information content (AvgIpc) is 2.46. The van der Waals surface area contributed by atoms with Crippen LogP contribution in [0.15, 0.2) is 12.1 Å². The topological polar surface area (TPSA) is 27.7 Å². The van der Waals surface area contributed by atoms with Crippen LogP contribution in [-0.2, 0) is 6.42 Å². The van der Waals surface area contributed by atoms with Crippen molar-refractivity contribution in [2.75, 3.05) is 26.7 Å². The first-order chi connectivity index (χ1) is 9.26. The Bertz CT molecular complexity index is 380. The van der Waals surface area contributed by atoms with Crippen molar-refractivity contribution in [2.45, 2.75) is 32.1 Å². The van der Waals surface area contributed by atoms with Gasteiger partial charge in [-0.15, -0.1) is 0 Å². The van der Waals surface area contributed by atoms with Crippen LogP contribution in [0.25, 0.3) is 0 Å². The third-order valence-corrected chi connectivity index (χ3v) is 3.68. The molecule has 108 valence electrons. The first kappa shape index (κ1) is 16.2. The number of ether oxygens (including phenoxy) is 3. The van der Waals surface area contributed by atoms with E-state index in [9.17, 15) is 0 Å². The highest BCUT2D eigenvalue weighted by molar-refractivity contribution is 9.09. The molecule has 0 spiro atoms. The number of hydrogen-bond donors (Lipinski definition) is 0. The van der Waals surface area contributed by atoms with Gasteiger partial charge in [-0.05, 0) is 30.9 Å². The van der Waals surface area contributed by atoms with E-state index in [-0.39, 0.29) is 0 Å². The largest absolute Gasteiger partial charge is 0.496 e. The summed E-state index contributed by atoms with van der Waals surface area (Å²) < 4.78 is 16.0. The zero-order chi connectivity index (χ0) is 14.1. The number of rotatable bonds is 9. The van der Waals surface area contributed by atoms with Gasteiger partial charge < -0.3 is 14.2 Å². The Morgan fingerprint density at radius 3 is 1.95 bits per heavy atom. The van der Waals surface area contributed by atoms with Crippen LogP contribution in [0.4, 0.5) is 0 Å². The Labute approximate surface area is 124 Å². The van der Waals surface area contributed by atoms with Gasteiger partial charge in [-0.2, -0.15) is 0 Å². The summed E-state index contributed by atoms with van der Waals surface area (Å²) in [7, 11) is 4.98. The van der Waals surface area contributed by atoms with Crippen LogP contribution >= 0.6 is 15.9 Å². The van der Waals surface area contributed by atoms with E-state index in [0.29, 0.717) is 5.75 Å². The van der Waals surface area contributed by atoms with Crippen LogP contribution in [0.2, 0.25) is 0 Å². The summed E-state index contributed by atoms with van der Waals surface area (Å²) in [6, 6.07) is 3.91. The van der Waals surface area contributed by atoms with E-state index in [1.165, 1.54) is 31.2 Å². The molecule has 0 saturated heterocycles. The molecule has 1 aromatic carbocycles. The number of unbranched alkanes of at least 4 members (excludes halogenated alkanes) is 3. The highest BCUT2D eigenvalue weighted by Crippen LogP contribution is 2.35. The Morgan fingerprint density at radius 2 is 1.37 bits per heavy atom. The second-order valence-corrected chi connectivity index (χ2v) is 5.17. The number of halogens is 1. The third-order valence-electron chi connectivity index (χ3n) is 3.12. The van der Waals surface area contributed by atoms with Crippen molar-refractivity contribution in [2.24, 2.45) is 0 Å². The van der Waals surface area contributed by atoms with Crippen molar-refractivity contribution in [1.29, 1.82) is 0 Å². The Balaban J connectivity index is 2.70. The molecule has 0 aliphatic heterocycles. The van der Waals surface area contributed by atoms with Gasteiger partial charge in [-0.25, -0.2) is 0 Å². The van der Waals surface area contributed by atoms with Crippen LogP contribution in [0.3, 0.4) is 0 Å². The fraction of sp³-hybridized carbons (Fsp3) is 0.600. The number of hydrogen-bond acceptors (Lipinski definition) is 3. The molecule has 0 aliphatic carbocycles. The molecule has 4 heteroatoms. The smallest absolute Gasteiger partial charge is 0.164 e. The second kappa shape index (κ2) is 9.08. The maximum absolute atomic E-state index is 5.42. The lowest BCUT2D eigenvalue weighted by Gasteiger charge is -2.14. The van der Waals surface area contributed by atoms with E-state index in [2.05, 4.69) is 15.9 Å². The molecule has 0 amide bonds. The van der Waals surface area contributed by atoms with Crippen molar-refractivity contribution < 1.29 is 14.2 Å². The Morgan fingerprint density at radius 1 is 0.789 bits per heavy atom. The monoisotopic (exact) mass is 330 g/mol. The SMILES string of the molecule is COc1cc(OC)c(OC)cc1CCCCCCBr.